The van der Waals surface area contributed by atoms with Gasteiger partial charge in [0, 0.05) is 0 Å². The molecular weight excluding hydrogens is 384 g/mol. The van der Waals surface area contributed by atoms with Crippen LogP contribution in [0.15, 0.2) is 12.1 Å². The summed E-state index contributed by atoms with van der Waals surface area (Å²) in [6, 6.07) is 3.86. The van der Waals surface area contributed by atoms with Gasteiger partial charge in [-0.1, -0.05) is 45.4 Å². The first-order chi connectivity index (χ1) is 14.5. The van der Waals surface area contributed by atoms with Crippen molar-refractivity contribution in [1.82, 2.24) is 0 Å². The first-order valence-corrected chi connectivity index (χ1v) is 11.6. The van der Waals surface area contributed by atoms with Crippen LogP contribution in [0.2, 0.25) is 0 Å². The van der Waals surface area contributed by atoms with Crippen LogP contribution in [0.1, 0.15) is 89.5 Å². The van der Waals surface area contributed by atoms with Gasteiger partial charge in [-0.25, -0.2) is 4.39 Å². The van der Waals surface area contributed by atoms with Crippen molar-refractivity contribution in [3.05, 3.63) is 29.3 Å². The molecule has 0 aromatic heterocycles. The molecule has 2 saturated carbocycles. The van der Waals surface area contributed by atoms with Crippen LogP contribution in [0.25, 0.3) is 0 Å². The molecule has 0 saturated heterocycles. The van der Waals surface area contributed by atoms with E-state index in [2.05, 4.69) is 6.92 Å². The van der Waals surface area contributed by atoms with Gasteiger partial charge in [-0.05, 0) is 68.4 Å². The predicted molar refractivity (Wildman–Crippen MR) is 112 cm³/mol. The number of carbonyl (C=O) groups excluding carboxylic acids is 1. The maximum Gasteiger partial charge on any atom is 0.314 e. The Bertz CT molecular complexity index is 757. The van der Waals surface area contributed by atoms with Crippen molar-refractivity contribution >= 4 is 5.97 Å². The molecule has 0 aliphatic heterocycles. The Balaban J connectivity index is 1.44. The molecule has 0 spiro atoms. The van der Waals surface area contributed by atoms with Crippen LogP contribution >= 0.6 is 0 Å². The van der Waals surface area contributed by atoms with Crippen LogP contribution in [-0.2, 0) is 4.79 Å². The third kappa shape index (κ3) is 5.59. The molecule has 0 N–H and O–H groups in total. The van der Waals surface area contributed by atoms with Crippen LogP contribution in [0.4, 0.5) is 8.78 Å². The second kappa shape index (κ2) is 10.9. The third-order valence-electron chi connectivity index (χ3n) is 7.26. The van der Waals surface area contributed by atoms with E-state index in [1.165, 1.54) is 51.4 Å². The SMILES string of the molecule is CCCCCC1CCC(C2CCC(C(=O)Oc3ccc(C#N)c(F)c3F)CC2)CC1. The number of esters is 1. The molecular formula is C25H33F2NO2. The van der Waals surface area contributed by atoms with E-state index < -0.39 is 28.9 Å². The lowest BCUT2D eigenvalue weighted by molar-refractivity contribution is -0.140. The molecule has 2 aliphatic carbocycles. The van der Waals surface area contributed by atoms with Gasteiger partial charge in [-0.3, -0.25) is 4.79 Å². The second-order valence-corrected chi connectivity index (χ2v) is 9.16. The number of hydrogen-bond acceptors (Lipinski definition) is 3. The summed E-state index contributed by atoms with van der Waals surface area (Å²) in [5, 5.41) is 8.75. The minimum Gasteiger partial charge on any atom is -0.423 e. The number of carbonyl (C=O) groups is 1. The van der Waals surface area contributed by atoms with Crippen molar-refractivity contribution in [2.75, 3.05) is 0 Å². The van der Waals surface area contributed by atoms with Crippen LogP contribution in [0.5, 0.6) is 5.75 Å². The molecule has 0 atom stereocenters. The van der Waals surface area contributed by atoms with Crippen LogP contribution in [0, 0.1) is 46.6 Å². The van der Waals surface area contributed by atoms with Crippen LogP contribution in [0.3, 0.4) is 0 Å². The monoisotopic (exact) mass is 417 g/mol. The highest BCUT2D eigenvalue weighted by Gasteiger charge is 2.34. The van der Waals surface area contributed by atoms with Gasteiger partial charge >= 0.3 is 5.97 Å². The number of nitrogens with zero attached hydrogens (tertiary/aromatic N) is 1. The highest BCUT2D eigenvalue weighted by Crippen LogP contribution is 2.42. The predicted octanol–water partition coefficient (Wildman–Crippen LogP) is 6.93. The zero-order valence-corrected chi connectivity index (χ0v) is 18.0. The van der Waals surface area contributed by atoms with Gasteiger partial charge < -0.3 is 4.74 Å². The first kappa shape index (κ1) is 22.7. The average Bonchev–Trinajstić information content (AvgIpc) is 2.78. The van der Waals surface area contributed by atoms with Gasteiger partial charge in [0.25, 0.3) is 0 Å². The number of benzene rings is 1. The third-order valence-corrected chi connectivity index (χ3v) is 7.26. The maximum absolute atomic E-state index is 14.0. The summed E-state index contributed by atoms with van der Waals surface area (Å²) >= 11 is 0. The normalized spacial score (nSPS) is 26.7. The molecule has 0 bridgehead atoms. The number of nitriles is 1. The Morgan fingerprint density at radius 2 is 1.63 bits per heavy atom. The van der Waals surface area contributed by atoms with Crippen molar-refractivity contribution in [2.24, 2.45) is 23.7 Å². The molecule has 0 radical (unpaired) electrons. The van der Waals surface area contributed by atoms with Crippen molar-refractivity contribution in [2.45, 2.75) is 84.0 Å². The van der Waals surface area contributed by atoms with Crippen molar-refractivity contribution in [3.8, 4) is 11.8 Å². The van der Waals surface area contributed by atoms with E-state index in [0.717, 1.165) is 49.7 Å². The Kier molecular flexibility index (Phi) is 8.24. The van der Waals surface area contributed by atoms with Gasteiger partial charge in [0.2, 0.25) is 5.82 Å². The summed E-state index contributed by atoms with van der Waals surface area (Å²) in [6.07, 6.45) is 14.2. The Morgan fingerprint density at radius 1 is 1.00 bits per heavy atom. The number of halogens is 2. The minimum atomic E-state index is -1.27. The van der Waals surface area contributed by atoms with E-state index >= 15 is 0 Å². The van der Waals surface area contributed by atoms with E-state index in [1.54, 1.807) is 6.07 Å². The quantitative estimate of drug-likeness (QED) is 0.274. The summed E-state index contributed by atoms with van der Waals surface area (Å²) in [5.74, 6) is -1.37. The number of rotatable bonds is 7. The standard InChI is InChI=1S/C25H33F2NO2/c1-2-3-4-5-17-6-8-18(9-7-17)19-10-12-20(13-11-19)25(29)30-22-15-14-21(16-28)23(26)24(22)27/h14-15,17-20H,2-13H2,1H3. The number of unbranched alkanes of at least 4 members (excludes halogenated alkanes) is 2. The Labute approximate surface area is 178 Å². The lowest BCUT2D eigenvalue weighted by Gasteiger charge is -2.37. The van der Waals surface area contributed by atoms with Gasteiger partial charge in [0.1, 0.15) is 6.07 Å². The lowest BCUT2D eigenvalue weighted by atomic mass is 9.68. The highest BCUT2D eigenvalue weighted by atomic mass is 19.2. The molecule has 1 aromatic carbocycles. The van der Waals surface area contributed by atoms with E-state index in [1.807, 2.05) is 0 Å². The topological polar surface area (TPSA) is 50.1 Å². The minimum absolute atomic E-state index is 0.260. The fourth-order valence-electron chi connectivity index (χ4n) is 5.35. The zero-order valence-electron chi connectivity index (χ0n) is 18.0. The van der Waals surface area contributed by atoms with Crippen molar-refractivity contribution in [3.63, 3.8) is 0 Å². The summed E-state index contributed by atoms with van der Waals surface area (Å²) < 4.78 is 32.9. The molecule has 0 unspecified atom stereocenters. The van der Waals surface area contributed by atoms with E-state index in [-0.39, 0.29) is 5.92 Å². The fourth-order valence-corrected chi connectivity index (χ4v) is 5.35. The molecule has 3 rings (SSSR count). The summed E-state index contributed by atoms with van der Waals surface area (Å²) in [4.78, 5) is 12.5. The van der Waals surface area contributed by atoms with E-state index in [0.29, 0.717) is 5.92 Å². The molecule has 3 nitrogen and oxygen atoms in total. The van der Waals surface area contributed by atoms with Crippen LogP contribution in [-0.4, -0.2) is 5.97 Å². The molecule has 1 aromatic rings. The van der Waals surface area contributed by atoms with Gasteiger partial charge in [0.05, 0.1) is 11.5 Å². The van der Waals surface area contributed by atoms with Gasteiger partial charge in [-0.2, -0.15) is 9.65 Å². The van der Waals surface area contributed by atoms with Gasteiger partial charge in [0.15, 0.2) is 11.6 Å². The van der Waals surface area contributed by atoms with E-state index in [4.69, 9.17) is 10.00 Å². The van der Waals surface area contributed by atoms with Crippen molar-refractivity contribution < 1.29 is 18.3 Å². The first-order valence-electron chi connectivity index (χ1n) is 11.6. The summed E-state index contributed by atoms with van der Waals surface area (Å²) in [7, 11) is 0. The second-order valence-electron chi connectivity index (χ2n) is 9.16. The zero-order chi connectivity index (χ0) is 21.5. The summed E-state index contributed by atoms with van der Waals surface area (Å²) in [5.41, 5.74) is -0.395. The smallest absolute Gasteiger partial charge is 0.314 e. The molecule has 164 valence electrons. The largest absolute Gasteiger partial charge is 0.423 e. The summed E-state index contributed by atoms with van der Waals surface area (Å²) in [6.45, 7) is 2.25. The molecule has 0 heterocycles. The van der Waals surface area contributed by atoms with Gasteiger partial charge in [-0.15, -0.1) is 0 Å². The molecule has 30 heavy (non-hydrogen) atoms. The fraction of sp³-hybridized carbons (Fsp3) is 0.680. The molecule has 0 amide bonds. The maximum atomic E-state index is 14.0. The van der Waals surface area contributed by atoms with E-state index in [9.17, 15) is 13.6 Å². The highest BCUT2D eigenvalue weighted by molar-refractivity contribution is 5.75. The Morgan fingerprint density at radius 3 is 2.23 bits per heavy atom. The lowest BCUT2D eigenvalue weighted by Crippen LogP contribution is -2.30. The molecule has 5 heteroatoms. The Hall–Kier alpha value is -1.96. The number of ether oxygens (including phenoxy) is 1. The molecule has 2 aliphatic rings. The number of hydrogen-bond donors (Lipinski definition) is 0. The van der Waals surface area contributed by atoms with Crippen molar-refractivity contribution in [1.29, 1.82) is 5.26 Å². The van der Waals surface area contributed by atoms with Crippen LogP contribution < -0.4 is 4.74 Å². The molecule has 2 fully saturated rings. The average molecular weight is 418 g/mol.